The maximum Gasteiger partial charge on any atom is 0.191 e. The van der Waals surface area contributed by atoms with Gasteiger partial charge in [-0.15, -0.1) is 24.0 Å². The first kappa shape index (κ1) is 23.7. The highest BCUT2D eigenvalue weighted by molar-refractivity contribution is 14.0. The second-order valence-corrected chi connectivity index (χ2v) is 6.73. The molecule has 0 aliphatic rings. The van der Waals surface area contributed by atoms with E-state index >= 15 is 0 Å². The van der Waals surface area contributed by atoms with Crippen molar-refractivity contribution in [2.75, 3.05) is 19.7 Å². The number of aromatic nitrogens is 2. The molecule has 0 radical (unpaired) electrons. The minimum Gasteiger partial charge on any atom is -0.489 e. The van der Waals surface area contributed by atoms with Crippen LogP contribution in [0.15, 0.2) is 66.4 Å². The topological polar surface area (TPSA) is 63.0 Å². The van der Waals surface area contributed by atoms with Gasteiger partial charge in [-0.05, 0) is 31.5 Å². The van der Waals surface area contributed by atoms with E-state index in [-0.39, 0.29) is 24.0 Å². The number of hydrogen-bond acceptors (Lipinski definition) is 3. The molecule has 2 aromatic heterocycles. The number of guanidine groups is 1. The standard InChI is InChI=1S/C23H29N5O.HI/c1-4-15-29-21-11-7-6-10-19(21)16-26-23(24-5-2)25-13-12-20-17-28-14-8-9-18(3)22(28)27-20;/h4,6-11,14,17H,1,5,12-13,15-16H2,2-3H3,(H2,24,25,26);1H. The van der Waals surface area contributed by atoms with E-state index < -0.39 is 0 Å². The first-order chi connectivity index (χ1) is 14.2. The van der Waals surface area contributed by atoms with Crippen molar-refractivity contribution in [2.24, 2.45) is 4.99 Å². The van der Waals surface area contributed by atoms with Crippen molar-refractivity contribution in [3.63, 3.8) is 0 Å². The van der Waals surface area contributed by atoms with Crippen molar-refractivity contribution in [1.82, 2.24) is 20.0 Å². The Morgan fingerprint density at radius 2 is 2.07 bits per heavy atom. The molecule has 160 valence electrons. The van der Waals surface area contributed by atoms with Gasteiger partial charge in [-0.25, -0.2) is 9.98 Å². The summed E-state index contributed by atoms with van der Waals surface area (Å²) in [7, 11) is 0. The van der Waals surface area contributed by atoms with Crippen molar-refractivity contribution in [3.8, 4) is 5.75 Å². The minimum atomic E-state index is 0. The molecule has 6 nitrogen and oxygen atoms in total. The number of aryl methyl sites for hydroxylation is 1. The zero-order valence-electron chi connectivity index (χ0n) is 17.6. The number of hydrogen-bond donors (Lipinski definition) is 2. The van der Waals surface area contributed by atoms with Gasteiger partial charge in [0.05, 0.1) is 12.2 Å². The van der Waals surface area contributed by atoms with Crippen molar-refractivity contribution in [1.29, 1.82) is 0 Å². The molecule has 3 rings (SSSR count). The van der Waals surface area contributed by atoms with Crippen LogP contribution in [-0.2, 0) is 13.0 Å². The van der Waals surface area contributed by atoms with Gasteiger partial charge in [-0.1, -0.05) is 36.9 Å². The van der Waals surface area contributed by atoms with Gasteiger partial charge in [0, 0.05) is 37.5 Å². The quantitative estimate of drug-likeness (QED) is 0.193. The predicted octanol–water partition coefficient (Wildman–Crippen LogP) is 4.12. The van der Waals surface area contributed by atoms with Crippen LogP contribution in [0.1, 0.15) is 23.7 Å². The first-order valence-electron chi connectivity index (χ1n) is 9.98. The van der Waals surface area contributed by atoms with Crippen LogP contribution in [0.2, 0.25) is 0 Å². The number of aliphatic imine (C=N–C) groups is 1. The van der Waals surface area contributed by atoms with E-state index in [9.17, 15) is 0 Å². The summed E-state index contributed by atoms with van der Waals surface area (Å²) in [5.41, 5.74) is 4.30. The summed E-state index contributed by atoms with van der Waals surface area (Å²) >= 11 is 0. The Bertz CT molecular complexity index is 983. The molecular weight excluding hydrogens is 489 g/mol. The molecule has 0 aliphatic carbocycles. The molecular formula is C23H30IN5O. The number of nitrogens with one attached hydrogen (secondary N) is 2. The molecule has 0 atom stereocenters. The highest BCUT2D eigenvalue weighted by Gasteiger charge is 2.06. The first-order valence-corrected chi connectivity index (χ1v) is 9.98. The average molecular weight is 519 g/mol. The lowest BCUT2D eigenvalue weighted by Crippen LogP contribution is -2.38. The predicted molar refractivity (Wildman–Crippen MR) is 134 cm³/mol. The highest BCUT2D eigenvalue weighted by atomic mass is 127. The molecule has 0 spiro atoms. The fourth-order valence-electron chi connectivity index (χ4n) is 3.06. The number of halogens is 1. The molecule has 2 heterocycles. The third kappa shape index (κ3) is 6.48. The normalized spacial score (nSPS) is 11.1. The van der Waals surface area contributed by atoms with Gasteiger partial charge in [0.1, 0.15) is 18.0 Å². The Morgan fingerprint density at radius 3 is 2.83 bits per heavy atom. The summed E-state index contributed by atoms with van der Waals surface area (Å²) < 4.78 is 7.79. The number of rotatable bonds is 9. The number of nitrogens with zero attached hydrogens (tertiary/aromatic N) is 3. The summed E-state index contributed by atoms with van der Waals surface area (Å²) in [5.74, 6) is 1.62. The van der Waals surface area contributed by atoms with E-state index in [4.69, 9.17) is 14.7 Å². The van der Waals surface area contributed by atoms with Crippen LogP contribution in [0.4, 0.5) is 0 Å². The maximum absolute atomic E-state index is 5.72. The Kier molecular flexibility index (Phi) is 9.66. The lowest BCUT2D eigenvalue weighted by molar-refractivity contribution is 0.359. The van der Waals surface area contributed by atoms with Crippen molar-refractivity contribution < 1.29 is 4.74 Å². The van der Waals surface area contributed by atoms with Gasteiger partial charge in [0.2, 0.25) is 0 Å². The van der Waals surface area contributed by atoms with Crippen LogP contribution < -0.4 is 15.4 Å². The van der Waals surface area contributed by atoms with E-state index in [0.717, 1.165) is 48.1 Å². The van der Waals surface area contributed by atoms with Gasteiger partial charge in [0.25, 0.3) is 0 Å². The van der Waals surface area contributed by atoms with Crippen LogP contribution in [0.5, 0.6) is 5.75 Å². The van der Waals surface area contributed by atoms with Crippen molar-refractivity contribution in [3.05, 3.63) is 78.3 Å². The third-order valence-electron chi connectivity index (χ3n) is 4.48. The Morgan fingerprint density at radius 1 is 1.23 bits per heavy atom. The Balaban J connectivity index is 0.00000320. The number of benzene rings is 1. The highest BCUT2D eigenvalue weighted by Crippen LogP contribution is 2.18. The van der Waals surface area contributed by atoms with Gasteiger partial charge in [-0.2, -0.15) is 0 Å². The fraction of sp³-hybridized carbons (Fsp3) is 0.304. The van der Waals surface area contributed by atoms with Gasteiger partial charge in [-0.3, -0.25) is 0 Å². The largest absolute Gasteiger partial charge is 0.489 e. The molecule has 0 amide bonds. The molecule has 0 fully saturated rings. The number of fused-ring (bicyclic) bond motifs is 1. The molecule has 0 aliphatic heterocycles. The lowest BCUT2D eigenvalue weighted by atomic mass is 10.2. The second kappa shape index (κ2) is 12.2. The summed E-state index contributed by atoms with van der Waals surface area (Å²) in [6.07, 6.45) is 6.68. The van der Waals surface area contributed by atoms with Crippen LogP contribution in [0, 0.1) is 6.92 Å². The van der Waals surface area contributed by atoms with E-state index in [1.54, 1.807) is 6.08 Å². The molecule has 7 heteroatoms. The molecule has 0 unspecified atom stereocenters. The number of para-hydroxylation sites is 1. The Labute approximate surface area is 195 Å². The zero-order chi connectivity index (χ0) is 20.5. The fourth-order valence-corrected chi connectivity index (χ4v) is 3.06. The summed E-state index contributed by atoms with van der Waals surface area (Å²) in [6, 6.07) is 12.1. The van der Waals surface area contributed by atoms with Crippen LogP contribution >= 0.6 is 24.0 Å². The Hall–Kier alpha value is -2.55. The summed E-state index contributed by atoms with van der Waals surface area (Å²) in [4.78, 5) is 9.43. The molecule has 3 aromatic rings. The molecule has 2 N–H and O–H groups in total. The van der Waals surface area contributed by atoms with Gasteiger partial charge in [0.15, 0.2) is 5.96 Å². The summed E-state index contributed by atoms with van der Waals surface area (Å²) in [6.45, 7) is 10.4. The second-order valence-electron chi connectivity index (χ2n) is 6.73. The van der Waals surface area contributed by atoms with E-state index in [1.807, 2.05) is 36.5 Å². The number of ether oxygens (including phenoxy) is 1. The number of imidazole rings is 1. The monoisotopic (exact) mass is 519 g/mol. The van der Waals surface area contributed by atoms with E-state index in [0.29, 0.717) is 13.2 Å². The molecule has 30 heavy (non-hydrogen) atoms. The molecule has 0 saturated carbocycles. The van der Waals surface area contributed by atoms with E-state index in [1.165, 1.54) is 5.56 Å². The van der Waals surface area contributed by atoms with Gasteiger partial charge >= 0.3 is 0 Å². The zero-order valence-corrected chi connectivity index (χ0v) is 19.9. The van der Waals surface area contributed by atoms with Crippen molar-refractivity contribution >= 4 is 35.6 Å². The molecule has 1 aromatic carbocycles. The SMILES string of the molecule is C=CCOc1ccccc1CN=C(NCC)NCCc1cn2cccc(C)c2n1.I. The van der Waals surface area contributed by atoms with Crippen LogP contribution in [0.3, 0.4) is 0 Å². The van der Waals surface area contributed by atoms with E-state index in [2.05, 4.69) is 47.7 Å². The summed E-state index contributed by atoms with van der Waals surface area (Å²) in [5, 5.41) is 6.69. The third-order valence-corrected chi connectivity index (χ3v) is 4.48. The van der Waals surface area contributed by atoms with Crippen molar-refractivity contribution in [2.45, 2.75) is 26.8 Å². The average Bonchev–Trinajstić information content (AvgIpc) is 3.15. The smallest absolute Gasteiger partial charge is 0.191 e. The van der Waals surface area contributed by atoms with Crippen LogP contribution in [-0.4, -0.2) is 35.0 Å². The molecule has 0 saturated heterocycles. The van der Waals surface area contributed by atoms with Gasteiger partial charge < -0.3 is 19.8 Å². The minimum absolute atomic E-state index is 0. The molecule has 0 bridgehead atoms. The lowest BCUT2D eigenvalue weighted by Gasteiger charge is -2.12. The number of pyridine rings is 1. The maximum atomic E-state index is 5.72. The van der Waals surface area contributed by atoms with Crippen LogP contribution in [0.25, 0.3) is 5.65 Å².